The van der Waals surface area contributed by atoms with Crippen LogP contribution < -0.4 is 5.32 Å². The predicted molar refractivity (Wildman–Crippen MR) is 58.7 cm³/mol. The molecule has 0 aliphatic carbocycles. The lowest BCUT2D eigenvalue weighted by Crippen LogP contribution is -2.30. The van der Waals surface area contributed by atoms with Gasteiger partial charge in [-0.3, -0.25) is 4.79 Å². The number of thiazole rings is 1. The van der Waals surface area contributed by atoms with E-state index in [0.29, 0.717) is 11.7 Å². The van der Waals surface area contributed by atoms with Crippen LogP contribution in [0.3, 0.4) is 0 Å². The molecule has 0 radical (unpaired) electrons. The molecule has 1 saturated heterocycles. The third-order valence-electron chi connectivity index (χ3n) is 2.44. The average molecular weight is 241 g/mol. The van der Waals surface area contributed by atoms with Crippen molar-refractivity contribution >= 4 is 28.3 Å². The number of nitrogens with one attached hydrogen (secondary N) is 1. The van der Waals surface area contributed by atoms with Gasteiger partial charge in [0.25, 0.3) is 0 Å². The molecule has 0 bridgehead atoms. The number of anilines is 1. The topological polar surface area (TPSA) is 82.5 Å². The van der Waals surface area contributed by atoms with Crippen LogP contribution in [-0.4, -0.2) is 46.5 Å². The van der Waals surface area contributed by atoms with Crippen molar-refractivity contribution in [2.45, 2.75) is 12.5 Å². The second kappa shape index (κ2) is 4.09. The van der Waals surface area contributed by atoms with Gasteiger partial charge in [0, 0.05) is 13.6 Å². The largest absolute Gasteiger partial charge is 0.477 e. The average Bonchev–Trinajstić information content (AvgIpc) is 2.81. The first-order chi connectivity index (χ1) is 7.58. The quantitative estimate of drug-likeness (QED) is 0.804. The van der Waals surface area contributed by atoms with Crippen LogP contribution in [0.15, 0.2) is 6.20 Å². The number of nitrogens with zero attached hydrogens (tertiary/aromatic N) is 2. The molecule has 16 heavy (non-hydrogen) atoms. The van der Waals surface area contributed by atoms with Crippen molar-refractivity contribution in [2.24, 2.45) is 0 Å². The second-order valence-electron chi connectivity index (χ2n) is 3.58. The van der Waals surface area contributed by atoms with Crippen molar-refractivity contribution in [3.63, 3.8) is 0 Å². The Balaban J connectivity index is 2.04. The van der Waals surface area contributed by atoms with Gasteiger partial charge in [-0.1, -0.05) is 11.3 Å². The van der Waals surface area contributed by atoms with Gasteiger partial charge >= 0.3 is 5.97 Å². The standard InChI is InChI=1S/C9H11N3O3S/c1-12-3-2-5(7(12)13)11-9-10-4-6(16-9)8(14)15/h4-5H,2-3H2,1H3,(H,10,11)(H,14,15). The molecule has 1 aromatic heterocycles. The first kappa shape index (κ1) is 10.9. The van der Waals surface area contributed by atoms with E-state index in [9.17, 15) is 9.59 Å². The Hall–Kier alpha value is -1.63. The number of hydrogen-bond acceptors (Lipinski definition) is 5. The highest BCUT2D eigenvalue weighted by molar-refractivity contribution is 7.17. The minimum atomic E-state index is -1.000. The zero-order valence-electron chi connectivity index (χ0n) is 8.64. The molecular formula is C9H11N3O3S. The monoisotopic (exact) mass is 241 g/mol. The van der Waals surface area contributed by atoms with Crippen LogP contribution in [0.1, 0.15) is 16.1 Å². The van der Waals surface area contributed by atoms with Crippen molar-refractivity contribution < 1.29 is 14.7 Å². The number of hydrogen-bond donors (Lipinski definition) is 2. The lowest BCUT2D eigenvalue weighted by Gasteiger charge is -2.10. The van der Waals surface area contributed by atoms with E-state index in [1.807, 2.05) is 0 Å². The van der Waals surface area contributed by atoms with E-state index in [1.54, 1.807) is 11.9 Å². The fourth-order valence-corrected chi connectivity index (χ4v) is 2.25. The number of carbonyl (C=O) groups excluding carboxylic acids is 1. The molecule has 86 valence electrons. The number of likely N-dealkylation sites (tertiary alicyclic amines) is 1. The maximum atomic E-state index is 11.6. The van der Waals surface area contributed by atoms with Crippen molar-refractivity contribution in [1.82, 2.24) is 9.88 Å². The Morgan fingerprint density at radius 3 is 3.00 bits per heavy atom. The van der Waals surface area contributed by atoms with Gasteiger partial charge in [-0.05, 0) is 6.42 Å². The molecule has 0 saturated carbocycles. The maximum absolute atomic E-state index is 11.6. The molecule has 1 aliphatic heterocycles. The van der Waals surface area contributed by atoms with Gasteiger partial charge in [-0.15, -0.1) is 0 Å². The van der Waals surface area contributed by atoms with Gasteiger partial charge in [-0.2, -0.15) is 0 Å². The fourth-order valence-electron chi connectivity index (χ4n) is 1.55. The highest BCUT2D eigenvalue weighted by Gasteiger charge is 2.29. The van der Waals surface area contributed by atoms with Gasteiger partial charge in [0.2, 0.25) is 5.91 Å². The van der Waals surface area contributed by atoms with Gasteiger partial charge < -0.3 is 15.3 Å². The number of amides is 1. The third kappa shape index (κ3) is 1.99. The molecule has 1 amide bonds. The number of likely N-dealkylation sites (N-methyl/N-ethyl adjacent to an activating group) is 1. The smallest absolute Gasteiger partial charge is 0.347 e. The number of carboxylic acids is 1. The summed E-state index contributed by atoms with van der Waals surface area (Å²) < 4.78 is 0. The summed E-state index contributed by atoms with van der Waals surface area (Å²) in [6.45, 7) is 0.716. The predicted octanol–water partition coefficient (Wildman–Crippen LogP) is 0.484. The summed E-state index contributed by atoms with van der Waals surface area (Å²) in [5.41, 5.74) is 0. The zero-order valence-corrected chi connectivity index (χ0v) is 9.45. The second-order valence-corrected chi connectivity index (χ2v) is 4.61. The molecule has 1 atom stereocenters. The molecule has 7 heteroatoms. The van der Waals surface area contributed by atoms with Crippen LogP contribution in [0.25, 0.3) is 0 Å². The van der Waals surface area contributed by atoms with Gasteiger partial charge in [-0.25, -0.2) is 9.78 Å². The van der Waals surface area contributed by atoms with E-state index in [1.165, 1.54) is 6.20 Å². The molecule has 1 aliphatic rings. The van der Waals surface area contributed by atoms with Gasteiger partial charge in [0.15, 0.2) is 5.13 Å². The van der Waals surface area contributed by atoms with Crippen LogP contribution in [0.4, 0.5) is 5.13 Å². The van der Waals surface area contributed by atoms with Crippen molar-refractivity contribution in [1.29, 1.82) is 0 Å². The van der Waals surface area contributed by atoms with E-state index in [4.69, 9.17) is 5.11 Å². The van der Waals surface area contributed by atoms with Crippen LogP contribution in [0.5, 0.6) is 0 Å². The molecular weight excluding hydrogens is 230 g/mol. The lowest BCUT2D eigenvalue weighted by molar-refractivity contribution is -0.127. The number of carbonyl (C=O) groups is 2. The van der Waals surface area contributed by atoms with Gasteiger partial charge in [0.1, 0.15) is 10.9 Å². The van der Waals surface area contributed by atoms with E-state index >= 15 is 0 Å². The SMILES string of the molecule is CN1CCC(Nc2ncc(C(=O)O)s2)C1=O. The molecule has 2 N–H and O–H groups in total. The highest BCUT2D eigenvalue weighted by atomic mass is 32.1. The van der Waals surface area contributed by atoms with E-state index in [-0.39, 0.29) is 16.8 Å². The molecule has 0 spiro atoms. The van der Waals surface area contributed by atoms with Crippen LogP contribution >= 0.6 is 11.3 Å². The van der Waals surface area contributed by atoms with Crippen LogP contribution in [0.2, 0.25) is 0 Å². The summed E-state index contributed by atoms with van der Waals surface area (Å²) in [5, 5.41) is 12.1. The van der Waals surface area contributed by atoms with Crippen molar-refractivity contribution in [3.8, 4) is 0 Å². The number of carboxylic acid groups (broad SMARTS) is 1. The Bertz CT molecular complexity index is 431. The zero-order chi connectivity index (χ0) is 11.7. The Labute approximate surface area is 95.9 Å². The minimum absolute atomic E-state index is 0.0204. The Kier molecular flexibility index (Phi) is 2.78. The van der Waals surface area contributed by atoms with Crippen molar-refractivity contribution in [2.75, 3.05) is 18.9 Å². The molecule has 2 rings (SSSR count). The van der Waals surface area contributed by atoms with Gasteiger partial charge in [0.05, 0.1) is 6.20 Å². The first-order valence-electron chi connectivity index (χ1n) is 4.78. The fraction of sp³-hybridized carbons (Fsp3) is 0.444. The summed E-state index contributed by atoms with van der Waals surface area (Å²) >= 11 is 1.04. The molecule has 6 nitrogen and oxygen atoms in total. The molecule has 1 unspecified atom stereocenters. The summed E-state index contributed by atoms with van der Waals surface area (Å²) in [4.78, 5) is 27.9. The minimum Gasteiger partial charge on any atom is -0.477 e. The van der Waals surface area contributed by atoms with E-state index < -0.39 is 5.97 Å². The van der Waals surface area contributed by atoms with Crippen molar-refractivity contribution in [3.05, 3.63) is 11.1 Å². The number of aromatic carboxylic acids is 1. The summed E-state index contributed by atoms with van der Waals surface area (Å²) in [5.74, 6) is -0.979. The normalized spacial score (nSPS) is 20.2. The number of rotatable bonds is 3. The van der Waals surface area contributed by atoms with E-state index in [2.05, 4.69) is 10.3 Å². The van der Waals surface area contributed by atoms with Crippen LogP contribution in [0, 0.1) is 0 Å². The summed E-state index contributed by atoms with van der Waals surface area (Å²) in [6.07, 6.45) is 2.01. The molecule has 0 aromatic carbocycles. The first-order valence-corrected chi connectivity index (χ1v) is 5.60. The molecule has 1 aromatic rings. The Morgan fingerprint density at radius 2 is 2.50 bits per heavy atom. The number of aromatic nitrogens is 1. The van der Waals surface area contributed by atoms with Crippen LogP contribution in [-0.2, 0) is 4.79 Å². The highest BCUT2D eigenvalue weighted by Crippen LogP contribution is 2.21. The third-order valence-corrected chi connectivity index (χ3v) is 3.36. The molecule has 2 heterocycles. The van der Waals surface area contributed by atoms with E-state index in [0.717, 1.165) is 17.8 Å². The lowest BCUT2D eigenvalue weighted by atomic mass is 10.2. The Morgan fingerprint density at radius 1 is 1.75 bits per heavy atom. The summed E-state index contributed by atoms with van der Waals surface area (Å²) in [6, 6.07) is -0.280. The molecule has 1 fully saturated rings. The maximum Gasteiger partial charge on any atom is 0.347 e. The summed E-state index contributed by atoms with van der Waals surface area (Å²) in [7, 11) is 1.74.